The van der Waals surface area contributed by atoms with Crippen LogP contribution in [0.3, 0.4) is 0 Å². The van der Waals surface area contributed by atoms with E-state index in [4.69, 9.17) is 0 Å². The van der Waals surface area contributed by atoms with Crippen molar-refractivity contribution in [3.05, 3.63) is 63.1 Å². The Morgan fingerprint density at radius 1 is 1.30 bits per heavy atom. The Balaban J connectivity index is 1.95. The highest BCUT2D eigenvalue weighted by Gasteiger charge is 2.12. The van der Waals surface area contributed by atoms with E-state index in [-0.39, 0.29) is 29.7 Å². The minimum atomic E-state index is -0.311. The van der Waals surface area contributed by atoms with Crippen LogP contribution in [0.1, 0.15) is 42.0 Å². The van der Waals surface area contributed by atoms with E-state index in [0.717, 1.165) is 5.56 Å². The van der Waals surface area contributed by atoms with Crippen LogP contribution < -0.4 is 10.9 Å². The number of hydrogen-bond donors (Lipinski definition) is 2. The highest BCUT2D eigenvalue weighted by Crippen LogP contribution is 2.13. The third-order valence-corrected chi connectivity index (χ3v) is 3.69. The molecular weight excluding hydrogens is 297 g/mol. The second kappa shape index (κ2) is 7.17. The number of nitrogens with zero attached hydrogens (tertiary/aromatic N) is 1. The van der Waals surface area contributed by atoms with E-state index in [1.807, 2.05) is 6.92 Å². The average Bonchev–Trinajstić information content (AvgIpc) is 2.46. The molecule has 0 bridgehead atoms. The third-order valence-electron chi connectivity index (χ3n) is 3.69. The molecule has 1 heterocycles. The van der Waals surface area contributed by atoms with Crippen LogP contribution in [0.2, 0.25) is 0 Å². The van der Waals surface area contributed by atoms with Crippen molar-refractivity contribution >= 4 is 5.91 Å². The van der Waals surface area contributed by atoms with Gasteiger partial charge in [0.05, 0.1) is 6.04 Å². The monoisotopic (exact) mass is 317 g/mol. The van der Waals surface area contributed by atoms with Gasteiger partial charge in [-0.3, -0.25) is 9.59 Å². The lowest BCUT2D eigenvalue weighted by atomic mass is 10.1. The smallest absolute Gasteiger partial charge is 0.254 e. The Labute approximate surface area is 134 Å². The van der Waals surface area contributed by atoms with Crippen molar-refractivity contribution in [1.29, 1.82) is 0 Å². The van der Waals surface area contributed by atoms with Gasteiger partial charge < -0.3 is 10.3 Å². The summed E-state index contributed by atoms with van der Waals surface area (Å²) in [6.07, 6.45) is 0.524. The standard InChI is InChI=1S/C17H20FN3O2/c1-10(13-4-6-14(18)7-5-13)20-16(22)9-8-15-11(2)19-12(3)21-17(15)23/h4-7,10H,8-9H2,1-3H3,(H,20,22)(H,19,21,23). The summed E-state index contributed by atoms with van der Waals surface area (Å²) in [6.45, 7) is 5.31. The van der Waals surface area contributed by atoms with Gasteiger partial charge in [-0.05, 0) is 44.9 Å². The van der Waals surface area contributed by atoms with Crippen LogP contribution in [-0.2, 0) is 11.2 Å². The molecule has 0 aliphatic rings. The van der Waals surface area contributed by atoms with E-state index in [9.17, 15) is 14.0 Å². The number of amides is 1. The van der Waals surface area contributed by atoms with Crippen molar-refractivity contribution in [1.82, 2.24) is 15.3 Å². The summed E-state index contributed by atoms with van der Waals surface area (Å²) in [5.41, 5.74) is 1.80. The van der Waals surface area contributed by atoms with Gasteiger partial charge in [0.1, 0.15) is 11.6 Å². The summed E-state index contributed by atoms with van der Waals surface area (Å²) in [5.74, 6) is 0.0840. The summed E-state index contributed by atoms with van der Waals surface area (Å²) < 4.78 is 12.9. The molecule has 0 saturated heterocycles. The molecule has 0 fully saturated rings. The fourth-order valence-electron chi connectivity index (χ4n) is 2.43. The molecule has 5 nitrogen and oxygen atoms in total. The minimum absolute atomic E-state index is 0.166. The molecule has 0 aliphatic carbocycles. The van der Waals surface area contributed by atoms with Gasteiger partial charge in [-0.1, -0.05) is 12.1 Å². The van der Waals surface area contributed by atoms with Gasteiger partial charge in [-0.2, -0.15) is 0 Å². The fraction of sp³-hybridized carbons (Fsp3) is 0.353. The lowest BCUT2D eigenvalue weighted by Crippen LogP contribution is -2.28. The van der Waals surface area contributed by atoms with Crippen LogP contribution in [0.15, 0.2) is 29.1 Å². The zero-order valence-electron chi connectivity index (χ0n) is 13.4. The van der Waals surface area contributed by atoms with E-state index in [2.05, 4.69) is 15.3 Å². The van der Waals surface area contributed by atoms with Crippen LogP contribution >= 0.6 is 0 Å². The first kappa shape index (κ1) is 16.9. The van der Waals surface area contributed by atoms with Crippen molar-refractivity contribution in [2.24, 2.45) is 0 Å². The first-order valence-corrected chi connectivity index (χ1v) is 7.48. The highest BCUT2D eigenvalue weighted by molar-refractivity contribution is 5.76. The number of halogens is 1. The number of hydrogen-bond acceptors (Lipinski definition) is 3. The van der Waals surface area contributed by atoms with Crippen molar-refractivity contribution in [3.8, 4) is 0 Å². The molecule has 2 rings (SSSR count). The second-order valence-electron chi connectivity index (χ2n) is 5.56. The maximum absolute atomic E-state index is 12.9. The number of nitrogens with one attached hydrogen (secondary N) is 2. The number of H-pyrrole nitrogens is 1. The SMILES string of the molecule is Cc1nc(C)c(CCC(=O)NC(C)c2ccc(F)cc2)c(=O)[nH]1. The van der Waals surface area contributed by atoms with Gasteiger partial charge in [-0.25, -0.2) is 9.37 Å². The Morgan fingerprint density at radius 3 is 2.57 bits per heavy atom. The van der Waals surface area contributed by atoms with Crippen LogP contribution in [0, 0.1) is 19.7 Å². The van der Waals surface area contributed by atoms with Gasteiger partial charge in [0.2, 0.25) is 5.91 Å². The van der Waals surface area contributed by atoms with Gasteiger partial charge in [0, 0.05) is 17.7 Å². The number of aryl methyl sites for hydroxylation is 2. The van der Waals surface area contributed by atoms with Crippen LogP contribution in [0.25, 0.3) is 0 Å². The molecule has 1 atom stereocenters. The van der Waals surface area contributed by atoms with E-state index in [1.54, 1.807) is 26.0 Å². The molecule has 1 aromatic heterocycles. The molecule has 23 heavy (non-hydrogen) atoms. The number of aromatic amines is 1. The average molecular weight is 317 g/mol. The third kappa shape index (κ3) is 4.48. The van der Waals surface area contributed by atoms with E-state index < -0.39 is 0 Å². The van der Waals surface area contributed by atoms with Gasteiger partial charge in [-0.15, -0.1) is 0 Å². The molecule has 0 spiro atoms. The second-order valence-corrected chi connectivity index (χ2v) is 5.56. The maximum Gasteiger partial charge on any atom is 0.254 e. The van der Waals surface area contributed by atoms with Crippen molar-refractivity contribution < 1.29 is 9.18 Å². The van der Waals surface area contributed by atoms with Crippen LogP contribution in [0.4, 0.5) is 4.39 Å². The fourth-order valence-corrected chi connectivity index (χ4v) is 2.43. The summed E-state index contributed by atoms with van der Waals surface area (Å²) in [4.78, 5) is 30.8. The number of carbonyl (C=O) groups excluding carboxylic acids is 1. The Hall–Kier alpha value is -2.50. The van der Waals surface area contributed by atoms with Crippen molar-refractivity contribution in [3.63, 3.8) is 0 Å². The van der Waals surface area contributed by atoms with Crippen molar-refractivity contribution in [2.45, 2.75) is 39.7 Å². The number of aromatic nitrogens is 2. The highest BCUT2D eigenvalue weighted by atomic mass is 19.1. The number of carbonyl (C=O) groups is 1. The predicted octanol–water partition coefficient (Wildman–Crippen LogP) is 2.34. The summed E-state index contributed by atoms with van der Waals surface area (Å²) in [5, 5.41) is 2.84. The van der Waals surface area contributed by atoms with E-state index >= 15 is 0 Å². The molecule has 0 radical (unpaired) electrons. The topological polar surface area (TPSA) is 74.8 Å². The van der Waals surface area contributed by atoms with Crippen LogP contribution in [-0.4, -0.2) is 15.9 Å². The van der Waals surface area contributed by atoms with Crippen molar-refractivity contribution in [2.75, 3.05) is 0 Å². The normalized spacial score (nSPS) is 12.0. The maximum atomic E-state index is 12.9. The summed E-state index contributed by atoms with van der Waals surface area (Å²) in [7, 11) is 0. The Bertz CT molecular complexity index is 753. The quantitative estimate of drug-likeness (QED) is 0.889. The zero-order chi connectivity index (χ0) is 17.0. The number of benzene rings is 1. The summed E-state index contributed by atoms with van der Waals surface area (Å²) >= 11 is 0. The minimum Gasteiger partial charge on any atom is -0.350 e. The lowest BCUT2D eigenvalue weighted by molar-refractivity contribution is -0.121. The molecule has 1 amide bonds. The van der Waals surface area contributed by atoms with Crippen LogP contribution in [0.5, 0.6) is 0 Å². The zero-order valence-corrected chi connectivity index (χ0v) is 13.4. The molecule has 6 heteroatoms. The Kier molecular flexibility index (Phi) is 5.26. The first-order chi connectivity index (χ1) is 10.9. The van der Waals surface area contributed by atoms with Gasteiger partial charge in [0.15, 0.2) is 0 Å². The molecule has 1 aromatic carbocycles. The first-order valence-electron chi connectivity index (χ1n) is 7.48. The largest absolute Gasteiger partial charge is 0.350 e. The van der Waals surface area contributed by atoms with Gasteiger partial charge >= 0.3 is 0 Å². The predicted molar refractivity (Wildman–Crippen MR) is 85.6 cm³/mol. The molecule has 0 aliphatic heterocycles. The van der Waals surface area contributed by atoms with E-state index in [0.29, 0.717) is 23.5 Å². The number of rotatable bonds is 5. The lowest BCUT2D eigenvalue weighted by Gasteiger charge is -2.14. The summed E-state index contributed by atoms with van der Waals surface area (Å²) in [6, 6.07) is 5.77. The molecule has 1 unspecified atom stereocenters. The molecule has 2 N–H and O–H groups in total. The molecular formula is C17H20FN3O2. The molecule has 122 valence electrons. The molecule has 2 aromatic rings. The Morgan fingerprint density at radius 2 is 1.96 bits per heavy atom. The van der Waals surface area contributed by atoms with Gasteiger partial charge in [0.25, 0.3) is 5.56 Å². The molecule has 0 saturated carbocycles. The van der Waals surface area contributed by atoms with E-state index in [1.165, 1.54) is 12.1 Å².